The smallest absolute Gasteiger partial charge is 0.123 e. The maximum absolute atomic E-state index is 12.5. The molecular weight excluding hydrogens is 189 g/mol. The van der Waals surface area contributed by atoms with Crippen LogP contribution in [-0.4, -0.2) is 25.5 Å². The molecule has 0 heterocycles. The van der Waals surface area contributed by atoms with E-state index in [1.165, 1.54) is 17.7 Å². The normalized spacial score (nSPS) is 9.85. The molecule has 0 atom stereocenters. The molecule has 13 heavy (non-hydrogen) atoms. The first-order chi connectivity index (χ1) is 5.68. The van der Waals surface area contributed by atoms with Crippen molar-refractivity contribution in [2.75, 3.05) is 20.6 Å². The molecule has 0 spiro atoms. The Kier molecular flexibility index (Phi) is 5.67. The van der Waals surface area contributed by atoms with Gasteiger partial charge in [0.25, 0.3) is 0 Å². The first-order valence-corrected chi connectivity index (χ1v) is 4.07. The molecule has 0 saturated carbocycles. The van der Waals surface area contributed by atoms with E-state index in [0.29, 0.717) is 0 Å². The van der Waals surface area contributed by atoms with Crippen LogP contribution < -0.4 is 0 Å². The van der Waals surface area contributed by atoms with Crippen LogP contribution >= 0.6 is 12.4 Å². The fourth-order valence-corrected chi connectivity index (χ4v) is 1.00. The molecule has 0 aliphatic rings. The van der Waals surface area contributed by atoms with Crippen molar-refractivity contribution in [1.29, 1.82) is 0 Å². The molecule has 0 aliphatic carbocycles. The van der Waals surface area contributed by atoms with Crippen LogP contribution in [0.4, 0.5) is 4.39 Å². The third-order valence-electron chi connectivity index (χ3n) is 1.76. The lowest BCUT2D eigenvalue weighted by Gasteiger charge is -2.08. The number of benzene rings is 1. The van der Waals surface area contributed by atoms with Gasteiger partial charge in [0.1, 0.15) is 5.82 Å². The summed E-state index contributed by atoms with van der Waals surface area (Å²) in [4.78, 5) is 2.11. The van der Waals surface area contributed by atoms with E-state index >= 15 is 0 Å². The molecular formula is C10H15ClFN. The molecule has 74 valence electrons. The Morgan fingerprint density at radius 2 is 1.69 bits per heavy atom. The summed E-state index contributed by atoms with van der Waals surface area (Å²) in [5, 5.41) is 0. The van der Waals surface area contributed by atoms with Crippen LogP contribution in [0.25, 0.3) is 0 Å². The molecule has 0 aliphatic heterocycles. The van der Waals surface area contributed by atoms with Crippen LogP contribution in [0.15, 0.2) is 24.3 Å². The summed E-state index contributed by atoms with van der Waals surface area (Å²) in [7, 11) is 4.06. The fraction of sp³-hybridized carbons (Fsp3) is 0.400. The number of hydrogen-bond acceptors (Lipinski definition) is 1. The van der Waals surface area contributed by atoms with Crippen LogP contribution in [0.2, 0.25) is 0 Å². The minimum Gasteiger partial charge on any atom is -0.309 e. The second-order valence-electron chi connectivity index (χ2n) is 3.18. The van der Waals surface area contributed by atoms with Crippen LogP contribution in [-0.2, 0) is 6.42 Å². The summed E-state index contributed by atoms with van der Waals surface area (Å²) >= 11 is 0. The van der Waals surface area contributed by atoms with Crippen molar-refractivity contribution in [3.8, 4) is 0 Å². The summed E-state index contributed by atoms with van der Waals surface area (Å²) in [5.41, 5.74) is 1.19. The second-order valence-corrected chi connectivity index (χ2v) is 3.18. The first-order valence-electron chi connectivity index (χ1n) is 4.07. The molecule has 1 nitrogen and oxygen atoms in total. The Hall–Kier alpha value is -0.600. The molecule has 1 rings (SSSR count). The Morgan fingerprint density at radius 1 is 1.15 bits per heavy atom. The monoisotopic (exact) mass is 203 g/mol. The maximum atomic E-state index is 12.5. The third-order valence-corrected chi connectivity index (χ3v) is 1.76. The molecule has 1 aromatic carbocycles. The van der Waals surface area contributed by atoms with Gasteiger partial charge in [-0.1, -0.05) is 12.1 Å². The summed E-state index contributed by atoms with van der Waals surface area (Å²) in [6.45, 7) is 1.01. The molecule has 0 bridgehead atoms. The molecule has 0 aromatic heterocycles. The number of nitrogens with zero attached hydrogens (tertiary/aromatic N) is 1. The zero-order valence-electron chi connectivity index (χ0n) is 7.96. The molecule has 0 amide bonds. The molecule has 0 unspecified atom stereocenters. The Bertz CT molecular complexity index is 233. The van der Waals surface area contributed by atoms with E-state index in [0.717, 1.165) is 13.0 Å². The highest BCUT2D eigenvalue weighted by Gasteiger charge is 1.94. The van der Waals surface area contributed by atoms with Gasteiger partial charge < -0.3 is 4.90 Å². The number of rotatable bonds is 3. The fourth-order valence-electron chi connectivity index (χ4n) is 1.00. The van der Waals surface area contributed by atoms with Gasteiger partial charge in [-0.25, -0.2) is 4.39 Å². The summed E-state index contributed by atoms with van der Waals surface area (Å²) in [6.07, 6.45) is 0.979. The highest BCUT2D eigenvalue weighted by Crippen LogP contribution is 2.03. The van der Waals surface area contributed by atoms with Crippen molar-refractivity contribution in [3.63, 3.8) is 0 Å². The largest absolute Gasteiger partial charge is 0.309 e. The lowest BCUT2D eigenvalue weighted by Crippen LogP contribution is -2.14. The van der Waals surface area contributed by atoms with Gasteiger partial charge in [0, 0.05) is 6.54 Å². The minimum atomic E-state index is -0.163. The van der Waals surface area contributed by atoms with Crippen LogP contribution in [0.3, 0.4) is 0 Å². The van der Waals surface area contributed by atoms with Crippen molar-refractivity contribution >= 4 is 12.4 Å². The molecule has 0 fully saturated rings. The van der Waals surface area contributed by atoms with Gasteiger partial charge >= 0.3 is 0 Å². The maximum Gasteiger partial charge on any atom is 0.123 e. The van der Waals surface area contributed by atoms with Crippen molar-refractivity contribution in [3.05, 3.63) is 35.6 Å². The average molecular weight is 204 g/mol. The highest BCUT2D eigenvalue weighted by atomic mass is 35.5. The number of halogens is 2. The van der Waals surface area contributed by atoms with Gasteiger partial charge in [0.05, 0.1) is 0 Å². The van der Waals surface area contributed by atoms with Crippen molar-refractivity contribution in [2.45, 2.75) is 6.42 Å². The van der Waals surface area contributed by atoms with E-state index in [9.17, 15) is 4.39 Å². The lowest BCUT2D eigenvalue weighted by atomic mass is 10.1. The van der Waals surface area contributed by atoms with Crippen molar-refractivity contribution in [2.24, 2.45) is 0 Å². The zero-order valence-corrected chi connectivity index (χ0v) is 8.77. The van der Waals surface area contributed by atoms with Gasteiger partial charge in [-0.3, -0.25) is 0 Å². The number of likely N-dealkylation sites (N-methyl/N-ethyl adjacent to an activating group) is 1. The lowest BCUT2D eigenvalue weighted by molar-refractivity contribution is 0.413. The van der Waals surface area contributed by atoms with Gasteiger partial charge in [0.2, 0.25) is 0 Å². The quantitative estimate of drug-likeness (QED) is 0.729. The van der Waals surface area contributed by atoms with E-state index in [-0.39, 0.29) is 18.2 Å². The van der Waals surface area contributed by atoms with Gasteiger partial charge in [-0.05, 0) is 38.2 Å². The van der Waals surface area contributed by atoms with Crippen molar-refractivity contribution in [1.82, 2.24) is 4.90 Å². The summed E-state index contributed by atoms with van der Waals surface area (Å²) in [5.74, 6) is -0.163. The average Bonchev–Trinajstić information content (AvgIpc) is 2.03. The number of hydrogen-bond donors (Lipinski definition) is 0. The van der Waals surface area contributed by atoms with E-state index in [2.05, 4.69) is 4.90 Å². The third kappa shape index (κ3) is 4.86. The molecule has 3 heteroatoms. The topological polar surface area (TPSA) is 3.24 Å². The van der Waals surface area contributed by atoms with Gasteiger partial charge in [-0.2, -0.15) is 0 Å². The summed E-state index contributed by atoms with van der Waals surface area (Å²) in [6, 6.07) is 6.67. The SMILES string of the molecule is CN(C)CCc1ccc(F)cc1.Cl. The van der Waals surface area contributed by atoms with E-state index in [1.807, 2.05) is 26.2 Å². The minimum absolute atomic E-state index is 0. The van der Waals surface area contributed by atoms with E-state index in [4.69, 9.17) is 0 Å². The standard InChI is InChI=1S/C10H14FN.ClH/c1-12(2)8-7-9-3-5-10(11)6-4-9;/h3-6H,7-8H2,1-2H3;1H. The van der Waals surface area contributed by atoms with Gasteiger partial charge in [-0.15, -0.1) is 12.4 Å². The Morgan fingerprint density at radius 3 is 2.15 bits per heavy atom. The molecule has 0 saturated heterocycles. The Labute approximate surface area is 85.0 Å². The van der Waals surface area contributed by atoms with E-state index in [1.54, 1.807) is 0 Å². The van der Waals surface area contributed by atoms with Crippen LogP contribution in [0.1, 0.15) is 5.56 Å². The van der Waals surface area contributed by atoms with Crippen LogP contribution in [0.5, 0.6) is 0 Å². The summed E-state index contributed by atoms with van der Waals surface area (Å²) < 4.78 is 12.5. The second kappa shape index (κ2) is 5.95. The van der Waals surface area contributed by atoms with Crippen molar-refractivity contribution < 1.29 is 4.39 Å². The predicted molar refractivity (Wildman–Crippen MR) is 55.9 cm³/mol. The van der Waals surface area contributed by atoms with Gasteiger partial charge in [0.15, 0.2) is 0 Å². The van der Waals surface area contributed by atoms with Crippen LogP contribution in [0, 0.1) is 5.82 Å². The highest BCUT2D eigenvalue weighted by molar-refractivity contribution is 5.85. The Balaban J connectivity index is 0.00000144. The molecule has 1 aromatic rings. The molecule has 0 N–H and O–H groups in total. The first kappa shape index (κ1) is 12.4. The van der Waals surface area contributed by atoms with E-state index < -0.39 is 0 Å². The molecule has 0 radical (unpaired) electrons. The zero-order chi connectivity index (χ0) is 8.97. The predicted octanol–water partition coefficient (Wildman–Crippen LogP) is 2.35.